The molecule has 18 heavy (non-hydrogen) atoms. The Kier molecular flexibility index (Phi) is 4.28. The molecule has 2 rings (SSSR count). The minimum atomic E-state index is -0.248. The first kappa shape index (κ1) is 13.4. The van der Waals surface area contributed by atoms with Crippen LogP contribution in [0, 0.1) is 0 Å². The lowest BCUT2D eigenvalue weighted by molar-refractivity contribution is 0.867. The molecule has 3 heteroatoms. The summed E-state index contributed by atoms with van der Waals surface area (Å²) in [7, 11) is 0. The van der Waals surface area contributed by atoms with E-state index in [1.807, 2.05) is 18.2 Å². The molecule has 0 aromatic heterocycles. The van der Waals surface area contributed by atoms with Crippen molar-refractivity contribution in [2.75, 3.05) is 0 Å². The molecule has 0 fully saturated rings. The summed E-state index contributed by atoms with van der Waals surface area (Å²) in [4.78, 5) is 0. The van der Waals surface area contributed by atoms with Gasteiger partial charge in [-0.2, -0.15) is 0 Å². The first-order valence-electron chi connectivity index (χ1n) is 5.91. The van der Waals surface area contributed by atoms with Crippen LogP contribution in [0.3, 0.4) is 0 Å². The average molecular weight is 280 g/mol. The number of nitrogens with two attached hydrogens (primary N) is 1. The lowest BCUT2D eigenvalue weighted by Gasteiger charge is -2.15. The van der Waals surface area contributed by atoms with Crippen molar-refractivity contribution in [2.24, 2.45) is 5.73 Å². The Balaban J connectivity index is 2.40. The van der Waals surface area contributed by atoms with Gasteiger partial charge >= 0.3 is 0 Å². The van der Waals surface area contributed by atoms with Crippen LogP contribution >= 0.6 is 23.2 Å². The highest BCUT2D eigenvalue weighted by Gasteiger charge is 2.13. The van der Waals surface area contributed by atoms with Gasteiger partial charge in [-0.3, -0.25) is 0 Å². The molecule has 0 saturated carbocycles. The van der Waals surface area contributed by atoms with Crippen LogP contribution in [0.1, 0.15) is 29.7 Å². The second-order valence-corrected chi connectivity index (χ2v) is 5.09. The topological polar surface area (TPSA) is 26.0 Å². The van der Waals surface area contributed by atoms with E-state index in [-0.39, 0.29) is 6.04 Å². The second-order valence-electron chi connectivity index (χ2n) is 4.24. The van der Waals surface area contributed by atoms with E-state index >= 15 is 0 Å². The van der Waals surface area contributed by atoms with Crippen LogP contribution in [0.15, 0.2) is 42.5 Å². The largest absolute Gasteiger partial charge is 0.320 e. The second kappa shape index (κ2) is 5.75. The molecular weight excluding hydrogens is 265 g/mol. The molecule has 0 spiro atoms. The van der Waals surface area contributed by atoms with Crippen molar-refractivity contribution in [3.63, 3.8) is 0 Å². The molecule has 0 bridgehead atoms. The van der Waals surface area contributed by atoms with Gasteiger partial charge in [0.05, 0.1) is 6.04 Å². The monoisotopic (exact) mass is 279 g/mol. The number of hydrogen-bond acceptors (Lipinski definition) is 1. The zero-order valence-electron chi connectivity index (χ0n) is 10.2. The summed E-state index contributed by atoms with van der Waals surface area (Å²) in [6.07, 6.45) is 0.990. The van der Waals surface area contributed by atoms with Gasteiger partial charge in [-0.05, 0) is 41.3 Å². The molecule has 0 aliphatic carbocycles. The predicted molar refractivity (Wildman–Crippen MR) is 78.3 cm³/mol. The van der Waals surface area contributed by atoms with Crippen LogP contribution in [0.25, 0.3) is 0 Å². The van der Waals surface area contributed by atoms with Gasteiger partial charge in [-0.25, -0.2) is 0 Å². The summed E-state index contributed by atoms with van der Waals surface area (Å²) in [5, 5.41) is 1.30. The number of hydrogen-bond donors (Lipinski definition) is 1. The molecule has 1 nitrogen and oxygen atoms in total. The van der Waals surface area contributed by atoms with Gasteiger partial charge in [0.1, 0.15) is 0 Å². The van der Waals surface area contributed by atoms with Crippen LogP contribution in [-0.2, 0) is 6.42 Å². The smallest absolute Gasteiger partial charge is 0.0567 e. The van der Waals surface area contributed by atoms with Gasteiger partial charge in [0.25, 0.3) is 0 Å². The lowest BCUT2D eigenvalue weighted by Crippen LogP contribution is -2.12. The van der Waals surface area contributed by atoms with Crippen LogP contribution in [0.4, 0.5) is 0 Å². The summed E-state index contributed by atoms with van der Waals surface area (Å²) < 4.78 is 0. The molecule has 0 amide bonds. The third-order valence-corrected chi connectivity index (χ3v) is 3.59. The first-order chi connectivity index (χ1) is 8.61. The highest BCUT2D eigenvalue weighted by Crippen LogP contribution is 2.29. The fourth-order valence-corrected chi connectivity index (χ4v) is 2.35. The zero-order valence-corrected chi connectivity index (χ0v) is 11.7. The summed E-state index contributed by atoms with van der Waals surface area (Å²) in [5.41, 5.74) is 9.44. The van der Waals surface area contributed by atoms with Gasteiger partial charge in [0, 0.05) is 10.0 Å². The SMILES string of the molecule is CCc1cccc(C(N)c2cc(Cl)ccc2Cl)c1. The van der Waals surface area contributed by atoms with Crippen LogP contribution in [0.2, 0.25) is 10.0 Å². The van der Waals surface area contributed by atoms with Crippen LogP contribution < -0.4 is 5.73 Å². The molecule has 0 aliphatic heterocycles. The van der Waals surface area contributed by atoms with Gasteiger partial charge in [-0.15, -0.1) is 0 Å². The first-order valence-corrected chi connectivity index (χ1v) is 6.66. The van der Waals surface area contributed by atoms with E-state index in [2.05, 4.69) is 19.1 Å². The van der Waals surface area contributed by atoms with Crippen molar-refractivity contribution in [3.8, 4) is 0 Å². The zero-order chi connectivity index (χ0) is 13.1. The van der Waals surface area contributed by atoms with Crippen molar-refractivity contribution < 1.29 is 0 Å². The van der Waals surface area contributed by atoms with E-state index in [1.165, 1.54) is 5.56 Å². The van der Waals surface area contributed by atoms with E-state index in [0.717, 1.165) is 17.5 Å². The number of halogens is 2. The molecule has 0 saturated heterocycles. The maximum Gasteiger partial charge on any atom is 0.0567 e. The van der Waals surface area contributed by atoms with Gasteiger partial charge in [0.15, 0.2) is 0 Å². The summed E-state index contributed by atoms with van der Waals surface area (Å²) in [6, 6.07) is 13.4. The molecule has 2 aromatic rings. The Morgan fingerprint density at radius 3 is 2.61 bits per heavy atom. The number of rotatable bonds is 3. The number of aryl methyl sites for hydroxylation is 1. The maximum absolute atomic E-state index is 6.27. The molecule has 2 N–H and O–H groups in total. The molecule has 2 aromatic carbocycles. The quantitative estimate of drug-likeness (QED) is 0.873. The van der Waals surface area contributed by atoms with Gasteiger partial charge in [-0.1, -0.05) is 54.4 Å². The van der Waals surface area contributed by atoms with Gasteiger partial charge < -0.3 is 5.73 Å². The Bertz CT molecular complexity index is 552. The van der Waals surface area contributed by atoms with Crippen molar-refractivity contribution >= 4 is 23.2 Å². The Morgan fingerprint density at radius 1 is 1.11 bits per heavy atom. The summed E-state index contributed by atoms with van der Waals surface area (Å²) >= 11 is 12.2. The Hall–Kier alpha value is -1.02. The predicted octanol–water partition coefficient (Wildman–Crippen LogP) is 4.60. The van der Waals surface area contributed by atoms with Crippen molar-refractivity contribution in [1.82, 2.24) is 0 Å². The van der Waals surface area contributed by atoms with Crippen LogP contribution in [-0.4, -0.2) is 0 Å². The molecule has 1 unspecified atom stereocenters. The molecule has 94 valence electrons. The van der Waals surface area contributed by atoms with Crippen LogP contribution in [0.5, 0.6) is 0 Å². The van der Waals surface area contributed by atoms with E-state index in [0.29, 0.717) is 10.0 Å². The Morgan fingerprint density at radius 2 is 1.89 bits per heavy atom. The normalized spacial score (nSPS) is 12.4. The molecule has 1 atom stereocenters. The average Bonchev–Trinajstić information content (AvgIpc) is 2.41. The molecule has 0 aliphatic rings. The third-order valence-electron chi connectivity index (χ3n) is 3.01. The summed E-state index contributed by atoms with van der Waals surface area (Å²) in [6.45, 7) is 2.12. The fourth-order valence-electron chi connectivity index (χ4n) is 1.94. The molecule has 0 heterocycles. The van der Waals surface area contributed by atoms with E-state index in [9.17, 15) is 0 Å². The lowest BCUT2D eigenvalue weighted by atomic mass is 9.97. The number of benzene rings is 2. The highest BCUT2D eigenvalue weighted by atomic mass is 35.5. The molecule has 0 radical (unpaired) electrons. The minimum absolute atomic E-state index is 0.248. The van der Waals surface area contributed by atoms with E-state index < -0.39 is 0 Å². The minimum Gasteiger partial charge on any atom is -0.320 e. The standard InChI is InChI=1S/C15H15Cl2N/c1-2-10-4-3-5-11(8-10)15(18)13-9-12(16)6-7-14(13)17/h3-9,15H,2,18H2,1H3. The van der Waals surface area contributed by atoms with E-state index in [1.54, 1.807) is 12.1 Å². The summed E-state index contributed by atoms with van der Waals surface area (Å²) in [5.74, 6) is 0. The Labute approximate surface area is 118 Å². The maximum atomic E-state index is 6.27. The molecular formula is C15H15Cl2N. The fraction of sp³-hybridized carbons (Fsp3) is 0.200. The van der Waals surface area contributed by atoms with Crippen molar-refractivity contribution in [1.29, 1.82) is 0 Å². The van der Waals surface area contributed by atoms with Crippen molar-refractivity contribution in [2.45, 2.75) is 19.4 Å². The van der Waals surface area contributed by atoms with E-state index in [4.69, 9.17) is 28.9 Å². The van der Waals surface area contributed by atoms with Gasteiger partial charge in [0.2, 0.25) is 0 Å². The van der Waals surface area contributed by atoms with Crippen molar-refractivity contribution in [3.05, 3.63) is 69.2 Å². The highest BCUT2D eigenvalue weighted by molar-refractivity contribution is 6.33. The third kappa shape index (κ3) is 2.86.